The summed E-state index contributed by atoms with van der Waals surface area (Å²) in [4.78, 5) is 11.6. The summed E-state index contributed by atoms with van der Waals surface area (Å²) in [5.41, 5.74) is 0.235. The molecule has 0 heterocycles. The van der Waals surface area contributed by atoms with E-state index in [-0.39, 0.29) is 18.0 Å². The average Bonchev–Trinajstić information content (AvgIpc) is 2.32. The van der Waals surface area contributed by atoms with Crippen molar-refractivity contribution in [2.45, 2.75) is 44.1 Å². The minimum absolute atomic E-state index is 0.0488. The molecule has 2 N–H and O–H groups in total. The number of hydrogen-bond acceptors (Lipinski definition) is 3. The van der Waals surface area contributed by atoms with Gasteiger partial charge in [-0.1, -0.05) is 0 Å². The van der Waals surface area contributed by atoms with Crippen LogP contribution in [0.5, 0.6) is 0 Å². The first-order valence-electron chi connectivity index (χ1n) is 7.08. The molecule has 4 rings (SSSR count). The summed E-state index contributed by atoms with van der Waals surface area (Å²) >= 11 is 0. The van der Waals surface area contributed by atoms with Crippen molar-refractivity contribution in [1.29, 1.82) is 5.26 Å². The van der Waals surface area contributed by atoms with Crippen molar-refractivity contribution >= 4 is 5.91 Å². The number of amides is 1. The molecule has 4 aliphatic carbocycles. The SMILES string of the molecule is N#CCNC(=O)CNC12CC3CC(CC(C3)C1)C2. The van der Waals surface area contributed by atoms with E-state index < -0.39 is 0 Å². The molecular formula is C14H21N3O. The zero-order valence-corrected chi connectivity index (χ0v) is 10.7. The molecule has 0 aromatic carbocycles. The van der Waals surface area contributed by atoms with Crippen LogP contribution < -0.4 is 10.6 Å². The lowest BCUT2D eigenvalue weighted by atomic mass is 9.53. The fourth-order valence-corrected chi connectivity index (χ4v) is 4.80. The van der Waals surface area contributed by atoms with Crippen LogP contribution in [0.1, 0.15) is 38.5 Å². The van der Waals surface area contributed by atoms with E-state index >= 15 is 0 Å². The topological polar surface area (TPSA) is 64.9 Å². The molecule has 0 saturated heterocycles. The van der Waals surface area contributed by atoms with Crippen LogP contribution >= 0.6 is 0 Å². The third-order valence-corrected chi connectivity index (χ3v) is 5.03. The Bertz CT molecular complexity index is 350. The van der Waals surface area contributed by atoms with Gasteiger partial charge in [0.15, 0.2) is 0 Å². The quantitative estimate of drug-likeness (QED) is 0.733. The van der Waals surface area contributed by atoms with Crippen molar-refractivity contribution in [1.82, 2.24) is 10.6 Å². The van der Waals surface area contributed by atoms with Crippen LogP contribution in [0.25, 0.3) is 0 Å². The molecule has 0 unspecified atom stereocenters. The monoisotopic (exact) mass is 247 g/mol. The van der Waals surface area contributed by atoms with Gasteiger partial charge in [-0.3, -0.25) is 4.79 Å². The van der Waals surface area contributed by atoms with Gasteiger partial charge in [-0.15, -0.1) is 0 Å². The van der Waals surface area contributed by atoms with Gasteiger partial charge in [-0.25, -0.2) is 0 Å². The molecule has 0 spiro atoms. The number of hydrogen-bond donors (Lipinski definition) is 2. The highest BCUT2D eigenvalue weighted by atomic mass is 16.1. The summed E-state index contributed by atoms with van der Waals surface area (Å²) in [5.74, 6) is 2.63. The maximum Gasteiger partial charge on any atom is 0.234 e. The number of nitrogens with one attached hydrogen (secondary N) is 2. The Kier molecular flexibility index (Phi) is 3.03. The molecule has 0 radical (unpaired) electrons. The Morgan fingerprint density at radius 2 is 1.72 bits per heavy atom. The third-order valence-electron chi connectivity index (χ3n) is 5.03. The summed E-state index contributed by atoms with van der Waals surface area (Å²) in [6.07, 6.45) is 8.02. The predicted molar refractivity (Wildman–Crippen MR) is 67.5 cm³/mol. The lowest BCUT2D eigenvalue weighted by Gasteiger charge is -2.57. The predicted octanol–water partition coefficient (Wildman–Crippen LogP) is 1.18. The molecule has 0 aliphatic heterocycles. The average molecular weight is 247 g/mol. The maximum atomic E-state index is 11.6. The van der Waals surface area contributed by atoms with Gasteiger partial charge in [0.2, 0.25) is 5.91 Å². The van der Waals surface area contributed by atoms with Gasteiger partial charge in [0.25, 0.3) is 0 Å². The molecule has 0 aromatic rings. The summed E-state index contributed by atoms with van der Waals surface area (Å²) in [6, 6.07) is 1.93. The molecule has 4 fully saturated rings. The molecule has 0 atom stereocenters. The van der Waals surface area contributed by atoms with E-state index in [9.17, 15) is 4.79 Å². The number of carbonyl (C=O) groups is 1. The Morgan fingerprint density at radius 3 is 2.22 bits per heavy atom. The van der Waals surface area contributed by atoms with E-state index in [0.717, 1.165) is 17.8 Å². The Hall–Kier alpha value is -1.08. The van der Waals surface area contributed by atoms with Crippen molar-refractivity contribution in [3.63, 3.8) is 0 Å². The first-order chi connectivity index (χ1) is 8.69. The zero-order chi connectivity index (χ0) is 12.6. The molecule has 4 nitrogen and oxygen atoms in total. The summed E-state index contributed by atoms with van der Waals surface area (Å²) < 4.78 is 0. The molecule has 18 heavy (non-hydrogen) atoms. The highest BCUT2D eigenvalue weighted by molar-refractivity contribution is 5.78. The van der Waals surface area contributed by atoms with Gasteiger partial charge in [0.1, 0.15) is 6.54 Å². The van der Waals surface area contributed by atoms with Crippen molar-refractivity contribution in [2.24, 2.45) is 17.8 Å². The minimum atomic E-state index is -0.0488. The summed E-state index contributed by atoms with van der Waals surface area (Å²) in [7, 11) is 0. The molecule has 98 valence electrons. The minimum Gasteiger partial charge on any atom is -0.342 e. The Morgan fingerprint density at radius 1 is 1.17 bits per heavy atom. The first kappa shape index (κ1) is 12.0. The molecule has 0 aromatic heterocycles. The zero-order valence-electron chi connectivity index (χ0n) is 10.7. The van der Waals surface area contributed by atoms with Gasteiger partial charge >= 0.3 is 0 Å². The molecule has 4 heteroatoms. The van der Waals surface area contributed by atoms with E-state index in [4.69, 9.17) is 5.26 Å². The number of nitrogens with zero attached hydrogens (tertiary/aromatic N) is 1. The second-order valence-corrected chi connectivity index (χ2v) is 6.49. The van der Waals surface area contributed by atoms with Crippen molar-refractivity contribution in [3.8, 4) is 6.07 Å². The molecule has 1 amide bonds. The van der Waals surface area contributed by atoms with Crippen LogP contribution in [0.2, 0.25) is 0 Å². The second-order valence-electron chi connectivity index (χ2n) is 6.49. The Balaban J connectivity index is 1.56. The first-order valence-corrected chi connectivity index (χ1v) is 7.08. The van der Waals surface area contributed by atoms with Gasteiger partial charge in [-0.05, 0) is 56.3 Å². The van der Waals surface area contributed by atoms with Crippen LogP contribution in [0.4, 0.5) is 0 Å². The van der Waals surface area contributed by atoms with Crippen LogP contribution in [-0.2, 0) is 4.79 Å². The van der Waals surface area contributed by atoms with Gasteiger partial charge in [0, 0.05) is 5.54 Å². The maximum absolute atomic E-state index is 11.6. The van der Waals surface area contributed by atoms with Crippen molar-refractivity contribution in [2.75, 3.05) is 13.1 Å². The van der Waals surface area contributed by atoms with Crippen molar-refractivity contribution < 1.29 is 4.79 Å². The van der Waals surface area contributed by atoms with E-state index in [2.05, 4.69) is 10.6 Å². The van der Waals surface area contributed by atoms with E-state index in [1.807, 2.05) is 6.07 Å². The summed E-state index contributed by atoms with van der Waals surface area (Å²) in [6.45, 7) is 0.481. The molecular weight excluding hydrogens is 226 g/mol. The highest BCUT2D eigenvalue weighted by Crippen LogP contribution is 2.55. The van der Waals surface area contributed by atoms with Crippen LogP contribution in [0.3, 0.4) is 0 Å². The normalized spacial score (nSPS) is 40.5. The molecule has 4 saturated carbocycles. The summed E-state index contributed by atoms with van der Waals surface area (Å²) in [5, 5.41) is 14.5. The van der Waals surface area contributed by atoms with E-state index in [0.29, 0.717) is 6.54 Å². The highest BCUT2D eigenvalue weighted by Gasteiger charge is 2.50. The van der Waals surface area contributed by atoms with Gasteiger partial charge in [0.05, 0.1) is 12.6 Å². The largest absolute Gasteiger partial charge is 0.342 e. The van der Waals surface area contributed by atoms with Crippen molar-refractivity contribution in [3.05, 3.63) is 0 Å². The smallest absolute Gasteiger partial charge is 0.234 e. The number of nitriles is 1. The standard InChI is InChI=1S/C14H21N3O/c15-1-2-16-13(18)9-17-14-6-10-3-11(7-14)5-12(4-10)8-14/h10-12,17H,2-9H2,(H,16,18). The molecule has 4 bridgehead atoms. The lowest BCUT2D eigenvalue weighted by Crippen LogP contribution is -2.59. The van der Waals surface area contributed by atoms with E-state index in [1.165, 1.54) is 38.5 Å². The second kappa shape index (κ2) is 4.55. The van der Waals surface area contributed by atoms with Crippen LogP contribution in [0, 0.1) is 29.1 Å². The van der Waals surface area contributed by atoms with E-state index in [1.54, 1.807) is 0 Å². The van der Waals surface area contributed by atoms with Gasteiger partial charge < -0.3 is 10.6 Å². The lowest BCUT2D eigenvalue weighted by molar-refractivity contribution is -0.121. The molecule has 4 aliphatic rings. The van der Waals surface area contributed by atoms with Gasteiger partial charge in [-0.2, -0.15) is 5.26 Å². The fraction of sp³-hybridized carbons (Fsp3) is 0.857. The van der Waals surface area contributed by atoms with Crippen LogP contribution in [-0.4, -0.2) is 24.5 Å². The Labute approximate surface area is 108 Å². The number of rotatable bonds is 4. The third kappa shape index (κ3) is 2.24. The fourth-order valence-electron chi connectivity index (χ4n) is 4.80. The van der Waals surface area contributed by atoms with Crippen LogP contribution in [0.15, 0.2) is 0 Å². The number of carbonyl (C=O) groups excluding carboxylic acids is 1.